The van der Waals surface area contributed by atoms with Gasteiger partial charge in [-0.1, -0.05) is 18.2 Å². The first-order valence-corrected chi connectivity index (χ1v) is 5.74. The first-order valence-electron chi connectivity index (χ1n) is 5.74. The molecule has 0 spiro atoms. The number of hydrogen-bond acceptors (Lipinski definition) is 4. The predicted molar refractivity (Wildman–Crippen MR) is 69.1 cm³/mol. The minimum atomic E-state index is -0.0320. The van der Waals surface area contributed by atoms with Gasteiger partial charge in [0.1, 0.15) is 18.3 Å². The van der Waals surface area contributed by atoms with Crippen molar-refractivity contribution in [2.24, 2.45) is 0 Å². The summed E-state index contributed by atoms with van der Waals surface area (Å²) in [6.07, 6.45) is -0.0320. The summed E-state index contributed by atoms with van der Waals surface area (Å²) in [5, 5.41) is 18.5. The molecule has 0 fully saturated rings. The Morgan fingerprint density at radius 2 is 1.72 bits per heavy atom. The van der Waals surface area contributed by atoms with Crippen molar-refractivity contribution in [1.82, 2.24) is 4.90 Å². The van der Waals surface area contributed by atoms with E-state index in [2.05, 4.69) is 12.1 Å². The van der Waals surface area contributed by atoms with Crippen LogP contribution in [0.3, 0.4) is 0 Å². The van der Waals surface area contributed by atoms with Gasteiger partial charge in [0, 0.05) is 12.7 Å². The van der Waals surface area contributed by atoms with Gasteiger partial charge in [0.25, 0.3) is 0 Å². The van der Waals surface area contributed by atoms with Crippen LogP contribution in [0.15, 0.2) is 35.7 Å². The highest BCUT2D eigenvalue weighted by Crippen LogP contribution is 2.34. The van der Waals surface area contributed by atoms with Crippen LogP contribution in [0.1, 0.15) is 12.5 Å². The van der Waals surface area contributed by atoms with Gasteiger partial charge in [-0.3, -0.25) is 0 Å². The van der Waals surface area contributed by atoms with Crippen molar-refractivity contribution in [3.63, 3.8) is 0 Å². The second kappa shape index (κ2) is 4.43. The molecule has 0 radical (unpaired) electrons. The number of benzene rings is 1. The Kier molecular flexibility index (Phi) is 2.95. The van der Waals surface area contributed by atoms with Crippen LogP contribution in [0.25, 0.3) is 0 Å². The number of aryl methyl sites for hydroxylation is 1. The molecule has 1 atom stereocenters. The number of allylic oxidation sites excluding steroid dienone is 2. The summed E-state index contributed by atoms with van der Waals surface area (Å²) in [5.41, 5.74) is 2.90. The Labute approximate surface area is 107 Å². The van der Waals surface area contributed by atoms with Crippen LogP contribution in [0, 0.1) is 29.6 Å². The smallest absolute Gasteiger partial charge is 0.157 e. The molecule has 0 aliphatic carbocycles. The summed E-state index contributed by atoms with van der Waals surface area (Å²) in [6.45, 7) is 3.98. The molecule has 90 valence electrons. The molecular formula is C14H14N4. The first kappa shape index (κ1) is 12.0. The lowest BCUT2D eigenvalue weighted by Crippen LogP contribution is -2.36. The van der Waals surface area contributed by atoms with E-state index in [1.165, 1.54) is 0 Å². The lowest BCUT2D eigenvalue weighted by molar-refractivity contribution is 0.367. The molecule has 0 saturated heterocycles. The Hall–Kier alpha value is -2.46. The van der Waals surface area contributed by atoms with Crippen molar-refractivity contribution in [3.8, 4) is 12.1 Å². The molecule has 4 heteroatoms. The second-order valence-corrected chi connectivity index (χ2v) is 4.32. The van der Waals surface area contributed by atoms with Gasteiger partial charge in [0.05, 0.1) is 0 Å². The largest absolute Gasteiger partial charge is 0.343 e. The van der Waals surface area contributed by atoms with Crippen LogP contribution in [0.2, 0.25) is 0 Å². The summed E-state index contributed by atoms with van der Waals surface area (Å²) >= 11 is 0. The summed E-state index contributed by atoms with van der Waals surface area (Å²) in [5.74, 6) is 0. The average Bonchev–Trinajstić information content (AvgIpc) is 2.62. The zero-order valence-electron chi connectivity index (χ0n) is 10.7. The molecule has 1 aromatic rings. The maximum absolute atomic E-state index is 9.30. The van der Waals surface area contributed by atoms with Gasteiger partial charge in [0.2, 0.25) is 0 Å². The number of anilines is 1. The van der Waals surface area contributed by atoms with E-state index in [0.717, 1.165) is 11.3 Å². The molecule has 0 saturated carbocycles. The minimum absolute atomic E-state index is 0.0320. The fourth-order valence-corrected chi connectivity index (χ4v) is 2.22. The normalized spacial score (nSPS) is 18.8. The van der Waals surface area contributed by atoms with Crippen molar-refractivity contribution in [2.45, 2.75) is 20.0 Å². The van der Waals surface area contributed by atoms with Crippen molar-refractivity contribution >= 4 is 5.69 Å². The topological polar surface area (TPSA) is 54.1 Å². The SMILES string of the molecule is Cc1ccccc1N1C(C#N)=C(C#N)N(C)[C@@H]1C. The third-order valence-corrected chi connectivity index (χ3v) is 3.34. The third kappa shape index (κ3) is 1.59. The number of rotatable bonds is 1. The highest BCUT2D eigenvalue weighted by Gasteiger charge is 2.34. The maximum atomic E-state index is 9.30. The van der Waals surface area contributed by atoms with Crippen LogP contribution in [0.4, 0.5) is 5.69 Å². The van der Waals surface area contributed by atoms with E-state index in [4.69, 9.17) is 5.26 Å². The minimum Gasteiger partial charge on any atom is -0.343 e. The van der Waals surface area contributed by atoms with E-state index in [1.807, 2.05) is 55.0 Å². The molecular weight excluding hydrogens is 224 g/mol. The highest BCUT2D eigenvalue weighted by atomic mass is 15.4. The van der Waals surface area contributed by atoms with Crippen molar-refractivity contribution < 1.29 is 0 Å². The molecule has 4 nitrogen and oxygen atoms in total. The summed E-state index contributed by atoms with van der Waals surface area (Å²) in [6, 6.07) is 12.1. The fraction of sp³-hybridized carbons (Fsp3) is 0.286. The quantitative estimate of drug-likeness (QED) is 0.753. The lowest BCUT2D eigenvalue weighted by atomic mass is 10.1. The molecule has 0 N–H and O–H groups in total. The molecule has 2 rings (SSSR count). The van der Waals surface area contributed by atoms with Crippen LogP contribution in [-0.4, -0.2) is 18.1 Å². The first-order chi connectivity index (χ1) is 8.61. The molecule has 1 aliphatic rings. The van der Waals surface area contributed by atoms with Gasteiger partial charge in [0.15, 0.2) is 11.4 Å². The van der Waals surface area contributed by atoms with E-state index in [-0.39, 0.29) is 6.17 Å². The van der Waals surface area contributed by atoms with Crippen LogP contribution in [-0.2, 0) is 0 Å². The van der Waals surface area contributed by atoms with Crippen LogP contribution in [0.5, 0.6) is 0 Å². The van der Waals surface area contributed by atoms with Gasteiger partial charge in [-0.05, 0) is 25.5 Å². The molecule has 0 bridgehead atoms. The van der Waals surface area contributed by atoms with Gasteiger partial charge >= 0.3 is 0 Å². The molecule has 1 aromatic carbocycles. The van der Waals surface area contributed by atoms with E-state index in [9.17, 15) is 5.26 Å². The second-order valence-electron chi connectivity index (χ2n) is 4.32. The monoisotopic (exact) mass is 238 g/mol. The molecule has 1 aliphatic heterocycles. The number of nitriles is 2. The number of hydrogen-bond donors (Lipinski definition) is 0. The zero-order valence-corrected chi connectivity index (χ0v) is 10.7. The molecule has 0 amide bonds. The van der Waals surface area contributed by atoms with Gasteiger partial charge < -0.3 is 9.80 Å². The van der Waals surface area contributed by atoms with Gasteiger partial charge in [-0.25, -0.2) is 0 Å². The fourth-order valence-electron chi connectivity index (χ4n) is 2.22. The number of para-hydroxylation sites is 1. The number of nitrogens with zero attached hydrogens (tertiary/aromatic N) is 4. The molecule has 18 heavy (non-hydrogen) atoms. The van der Waals surface area contributed by atoms with E-state index >= 15 is 0 Å². The molecule has 1 heterocycles. The van der Waals surface area contributed by atoms with Crippen molar-refractivity contribution in [3.05, 3.63) is 41.2 Å². The Morgan fingerprint density at radius 3 is 2.28 bits per heavy atom. The zero-order chi connectivity index (χ0) is 13.3. The lowest BCUT2D eigenvalue weighted by Gasteiger charge is -2.29. The summed E-state index contributed by atoms with van der Waals surface area (Å²) in [7, 11) is 1.83. The predicted octanol–water partition coefficient (Wildman–Crippen LogP) is 2.35. The Morgan fingerprint density at radius 1 is 1.11 bits per heavy atom. The third-order valence-electron chi connectivity index (χ3n) is 3.34. The van der Waals surface area contributed by atoms with Crippen LogP contribution >= 0.6 is 0 Å². The van der Waals surface area contributed by atoms with Gasteiger partial charge in [-0.15, -0.1) is 0 Å². The van der Waals surface area contributed by atoms with E-state index in [1.54, 1.807) is 0 Å². The van der Waals surface area contributed by atoms with E-state index < -0.39 is 0 Å². The van der Waals surface area contributed by atoms with Gasteiger partial charge in [-0.2, -0.15) is 10.5 Å². The molecule has 0 aromatic heterocycles. The van der Waals surface area contributed by atoms with Crippen molar-refractivity contribution in [1.29, 1.82) is 10.5 Å². The highest BCUT2D eigenvalue weighted by molar-refractivity contribution is 5.65. The summed E-state index contributed by atoms with van der Waals surface area (Å²) < 4.78 is 0. The Bertz CT molecular complexity index is 589. The average molecular weight is 238 g/mol. The molecule has 0 unspecified atom stereocenters. The van der Waals surface area contributed by atoms with Crippen molar-refractivity contribution in [2.75, 3.05) is 11.9 Å². The maximum Gasteiger partial charge on any atom is 0.157 e. The Balaban J connectivity index is 2.59. The summed E-state index contributed by atoms with van der Waals surface area (Å²) in [4.78, 5) is 3.74. The standard InChI is InChI=1S/C14H14N4/c1-10-6-4-5-7-12(10)18-11(2)17(3)13(8-15)14(18)9-16/h4-7,11H,1-3H3/t11-/m0/s1. The van der Waals surface area contributed by atoms with E-state index in [0.29, 0.717) is 11.4 Å². The van der Waals surface area contributed by atoms with Crippen LogP contribution < -0.4 is 4.90 Å².